The summed E-state index contributed by atoms with van der Waals surface area (Å²) in [5.41, 5.74) is 2.09. The van der Waals surface area contributed by atoms with Gasteiger partial charge in [-0.05, 0) is 47.9 Å². The van der Waals surface area contributed by atoms with Crippen LogP contribution in [0.15, 0.2) is 72.8 Å². The third kappa shape index (κ3) is 7.55. The molecule has 0 unspecified atom stereocenters. The highest BCUT2D eigenvalue weighted by Crippen LogP contribution is 2.32. The van der Waals surface area contributed by atoms with Crippen LogP contribution in [0, 0.1) is 5.82 Å². The summed E-state index contributed by atoms with van der Waals surface area (Å²) in [4.78, 5) is 28.0. The summed E-state index contributed by atoms with van der Waals surface area (Å²) in [5.74, 6) is -0.219. The second-order valence-electron chi connectivity index (χ2n) is 9.25. The summed E-state index contributed by atoms with van der Waals surface area (Å²) in [6.07, 6.45) is 1.04. The summed E-state index contributed by atoms with van der Waals surface area (Å²) in [6.45, 7) is 1.41. The van der Waals surface area contributed by atoms with Gasteiger partial charge in [-0.1, -0.05) is 48.5 Å². The molecule has 1 aliphatic heterocycles. The van der Waals surface area contributed by atoms with E-state index < -0.39 is 40.2 Å². The second kappa shape index (κ2) is 12.3. The fraction of sp³-hybridized carbons (Fsp3) is 0.286. The molecule has 0 bridgehead atoms. The van der Waals surface area contributed by atoms with Crippen LogP contribution in [-0.4, -0.2) is 55.1 Å². The topological polar surface area (TPSA) is 105 Å². The maximum absolute atomic E-state index is 13.5. The Hall–Kier alpha value is -3.96. The van der Waals surface area contributed by atoms with Crippen molar-refractivity contribution in [2.45, 2.75) is 32.6 Å². The van der Waals surface area contributed by atoms with E-state index in [9.17, 15) is 22.4 Å². The van der Waals surface area contributed by atoms with Gasteiger partial charge in [0.15, 0.2) is 11.5 Å². The van der Waals surface area contributed by atoms with Crippen LogP contribution in [0.4, 0.5) is 4.39 Å². The van der Waals surface area contributed by atoms with E-state index in [1.165, 1.54) is 29.2 Å². The molecule has 0 fully saturated rings. The lowest BCUT2D eigenvalue weighted by Crippen LogP contribution is -2.50. The predicted molar refractivity (Wildman–Crippen MR) is 143 cm³/mol. The molecular formula is C28H30FN3O6S. The van der Waals surface area contributed by atoms with Crippen molar-refractivity contribution < 1.29 is 31.9 Å². The molecule has 3 aromatic carbocycles. The lowest BCUT2D eigenvalue weighted by atomic mass is 10.1. The van der Waals surface area contributed by atoms with Crippen molar-refractivity contribution in [2.75, 3.05) is 19.6 Å². The number of nitrogens with one attached hydrogen (secondary N) is 1. The average molecular weight is 556 g/mol. The maximum Gasteiger partial charge on any atom is 0.242 e. The summed E-state index contributed by atoms with van der Waals surface area (Å²) in [5, 5.41) is 2.82. The van der Waals surface area contributed by atoms with Crippen molar-refractivity contribution in [2.24, 2.45) is 0 Å². The zero-order valence-corrected chi connectivity index (χ0v) is 22.5. The molecule has 4 rings (SSSR count). The predicted octanol–water partition coefficient (Wildman–Crippen LogP) is 3.05. The monoisotopic (exact) mass is 555 g/mol. The fourth-order valence-corrected chi connectivity index (χ4v) is 4.80. The molecule has 1 atom stereocenters. The quantitative estimate of drug-likeness (QED) is 0.390. The Bertz CT molecular complexity index is 1420. The molecule has 0 aromatic heterocycles. The van der Waals surface area contributed by atoms with Crippen molar-refractivity contribution in [1.82, 2.24) is 14.5 Å². The molecule has 206 valence electrons. The van der Waals surface area contributed by atoms with Gasteiger partial charge in [0, 0.05) is 19.6 Å². The molecule has 1 N–H and O–H groups in total. The Morgan fingerprint density at radius 2 is 1.56 bits per heavy atom. The van der Waals surface area contributed by atoms with Crippen LogP contribution in [0.25, 0.3) is 0 Å². The summed E-state index contributed by atoms with van der Waals surface area (Å²) in [7, 11) is -3.75. The molecule has 9 nitrogen and oxygen atoms in total. The van der Waals surface area contributed by atoms with E-state index in [-0.39, 0.29) is 26.4 Å². The number of carbonyl (C=O) groups is 2. The lowest BCUT2D eigenvalue weighted by molar-refractivity contribution is -0.140. The standard InChI is InChI=1S/C28H30FN3O6S/c1-20(28(34)30-15-23-10-13-25-26(14-23)38-19-37-25)32(17-22-8-11-24(29)12-9-22)27(33)18-31(39(2,35)36)16-21-6-4-3-5-7-21/h3-14,20H,15-19H2,1-2H3,(H,30,34)/t20-/m0/s1. The molecule has 0 saturated carbocycles. The number of amides is 2. The molecule has 3 aromatic rings. The minimum absolute atomic E-state index is 0.000489. The molecule has 2 amide bonds. The highest BCUT2D eigenvalue weighted by molar-refractivity contribution is 7.88. The van der Waals surface area contributed by atoms with E-state index in [0.717, 1.165) is 21.7 Å². The van der Waals surface area contributed by atoms with E-state index in [1.54, 1.807) is 49.4 Å². The third-order valence-corrected chi connectivity index (χ3v) is 7.52. The highest BCUT2D eigenvalue weighted by atomic mass is 32.2. The number of benzene rings is 3. The maximum atomic E-state index is 13.5. The number of hydrogen-bond donors (Lipinski definition) is 1. The Labute approximate surface area is 227 Å². The Morgan fingerprint density at radius 3 is 2.26 bits per heavy atom. The molecule has 0 spiro atoms. The Balaban J connectivity index is 1.50. The lowest BCUT2D eigenvalue weighted by Gasteiger charge is -2.31. The molecule has 0 saturated heterocycles. The van der Waals surface area contributed by atoms with E-state index in [4.69, 9.17) is 9.47 Å². The number of carbonyl (C=O) groups excluding carboxylic acids is 2. The molecule has 0 radical (unpaired) electrons. The number of ether oxygens (including phenoxy) is 2. The average Bonchev–Trinajstić information content (AvgIpc) is 3.38. The van der Waals surface area contributed by atoms with Gasteiger partial charge in [0.05, 0.1) is 12.8 Å². The van der Waals surface area contributed by atoms with Crippen LogP contribution in [0.1, 0.15) is 23.6 Å². The van der Waals surface area contributed by atoms with Crippen LogP contribution in [0.2, 0.25) is 0 Å². The Kier molecular flexibility index (Phi) is 8.82. The van der Waals surface area contributed by atoms with Gasteiger partial charge in [-0.3, -0.25) is 9.59 Å². The first-order valence-electron chi connectivity index (χ1n) is 12.3. The number of rotatable bonds is 11. The SMILES string of the molecule is C[C@@H](C(=O)NCc1ccc2c(c1)OCO2)N(Cc1ccc(F)cc1)C(=O)CN(Cc1ccccc1)S(C)(=O)=O. The minimum atomic E-state index is -3.75. The van der Waals surface area contributed by atoms with Crippen molar-refractivity contribution in [3.63, 3.8) is 0 Å². The first kappa shape index (κ1) is 28.1. The van der Waals surface area contributed by atoms with Crippen LogP contribution in [0.3, 0.4) is 0 Å². The van der Waals surface area contributed by atoms with Crippen molar-refractivity contribution in [3.8, 4) is 11.5 Å². The van der Waals surface area contributed by atoms with Gasteiger partial charge in [0.1, 0.15) is 11.9 Å². The van der Waals surface area contributed by atoms with E-state index >= 15 is 0 Å². The molecule has 11 heteroatoms. The summed E-state index contributed by atoms with van der Waals surface area (Å²) in [6, 6.07) is 18.9. The van der Waals surface area contributed by atoms with Gasteiger partial charge < -0.3 is 19.7 Å². The number of sulfonamides is 1. The van der Waals surface area contributed by atoms with Crippen LogP contribution in [-0.2, 0) is 39.2 Å². The number of hydrogen-bond acceptors (Lipinski definition) is 6. The third-order valence-electron chi connectivity index (χ3n) is 6.32. The van der Waals surface area contributed by atoms with Gasteiger partial charge in [-0.25, -0.2) is 12.8 Å². The van der Waals surface area contributed by atoms with Crippen LogP contribution >= 0.6 is 0 Å². The Morgan fingerprint density at radius 1 is 0.923 bits per heavy atom. The van der Waals surface area contributed by atoms with E-state index in [1.807, 2.05) is 6.07 Å². The number of fused-ring (bicyclic) bond motifs is 1. The van der Waals surface area contributed by atoms with Crippen LogP contribution in [0.5, 0.6) is 11.5 Å². The number of halogens is 1. The van der Waals surface area contributed by atoms with Gasteiger partial charge in [-0.15, -0.1) is 0 Å². The molecule has 1 heterocycles. The summed E-state index contributed by atoms with van der Waals surface area (Å²) < 4.78 is 50.3. The zero-order chi connectivity index (χ0) is 28.0. The smallest absolute Gasteiger partial charge is 0.242 e. The first-order valence-corrected chi connectivity index (χ1v) is 14.1. The molecule has 0 aliphatic carbocycles. The molecule has 1 aliphatic rings. The molecular weight excluding hydrogens is 525 g/mol. The van der Waals surface area contributed by atoms with Gasteiger partial charge in [0.2, 0.25) is 28.6 Å². The zero-order valence-electron chi connectivity index (χ0n) is 21.7. The highest BCUT2D eigenvalue weighted by Gasteiger charge is 2.30. The van der Waals surface area contributed by atoms with Gasteiger partial charge >= 0.3 is 0 Å². The fourth-order valence-electron chi connectivity index (χ4n) is 4.08. The van der Waals surface area contributed by atoms with Gasteiger partial charge in [-0.2, -0.15) is 4.31 Å². The van der Waals surface area contributed by atoms with E-state index in [2.05, 4.69) is 5.32 Å². The molecule has 39 heavy (non-hydrogen) atoms. The normalized spacial score (nSPS) is 13.2. The van der Waals surface area contributed by atoms with E-state index in [0.29, 0.717) is 17.1 Å². The van der Waals surface area contributed by atoms with Crippen molar-refractivity contribution in [3.05, 3.63) is 95.3 Å². The first-order chi connectivity index (χ1) is 18.6. The number of nitrogens with zero attached hydrogens (tertiary/aromatic N) is 2. The minimum Gasteiger partial charge on any atom is -0.454 e. The second-order valence-corrected chi connectivity index (χ2v) is 11.2. The summed E-state index contributed by atoms with van der Waals surface area (Å²) >= 11 is 0. The van der Waals surface area contributed by atoms with Crippen molar-refractivity contribution >= 4 is 21.8 Å². The largest absolute Gasteiger partial charge is 0.454 e. The van der Waals surface area contributed by atoms with Crippen molar-refractivity contribution in [1.29, 1.82) is 0 Å². The van der Waals surface area contributed by atoms with Crippen LogP contribution < -0.4 is 14.8 Å². The van der Waals surface area contributed by atoms with Gasteiger partial charge in [0.25, 0.3) is 0 Å².